The Hall–Kier alpha value is -1.35. The lowest BCUT2D eigenvalue weighted by Gasteiger charge is -2.28. The van der Waals surface area contributed by atoms with Crippen LogP contribution in [-0.2, 0) is 4.79 Å². The van der Waals surface area contributed by atoms with Gasteiger partial charge in [0.15, 0.2) is 0 Å². The molecule has 110 valence electrons. The first-order chi connectivity index (χ1) is 9.47. The summed E-state index contributed by atoms with van der Waals surface area (Å²) in [6, 6.07) is 6.93. The Morgan fingerprint density at radius 3 is 2.85 bits per heavy atom. The quantitative estimate of drug-likeness (QED) is 0.890. The van der Waals surface area contributed by atoms with Crippen LogP contribution in [0.25, 0.3) is 0 Å². The zero-order valence-corrected chi connectivity index (χ0v) is 13.0. The van der Waals surface area contributed by atoms with E-state index in [1.165, 1.54) is 16.7 Å². The van der Waals surface area contributed by atoms with Crippen molar-refractivity contribution in [1.29, 1.82) is 0 Å². The van der Waals surface area contributed by atoms with E-state index in [-0.39, 0.29) is 17.9 Å². The van der Waals surface area contributed by atoms with Gasteiger partial charge in [-0.15, -0.1) is 0 Å². The fourth-order valence-electron chi connectivity index (χ4n) is 3.01. The molecule has 0 aliphatic carbocycles. The monoisotopic (exact) mass is 274 g/mol. The van der Waals surface area contributed by atoms with Gasteiger partial charge in [0, 0.05) is 12.0 Å². The average molecular weight is 274 g/mol. The molecule has 20 heavy (non-hydrogen) atoms. The number of carbonyl (C=O) groups excluding carboxylic acids is 1. The van der Waals surface area contributed by atoms with Crippen LogP contribution in [0.2, 0.25) is 0 Å². The molecule has 3 heteroatoms. The smallest absolute Gasteiger partial charge is 0.223 e. The molecule has 1 amide bonds. The summed E-state index contributed by atoms with van der Waals surface area (Å²) in [6.45, 7) is 9.35. The van der Waals surface area contributed by atoms with Crippen molar-refractivity contribution in [1.82, 2.24) is 10.6 Å². The first-order valence-electron chi connectivity index (χ1n) is 7.58. The molecule has 0 radical (unpaired) electrons. The first-order valence-corrected chi connectivity index (χ1v) is 7.58. The van der Waals surface area contributed by atoms with Gasteiger partial charge < -0.3 is 10.6 Å². The standard InChI is InChI=1S/C17H26N2O/c1-11-5-6-12(2)16(9-11)14(4)19-17(20)15-7-8-18-13(3)10-15/h5-6,9,13-15,18H,7-8,10H2,1-4H3,(H,19,20). The maximum absolute atomic E-state index is 12.4. The Bertz CT molecular complexity index is 484. The summed E-state index contributed by atoms with van der Waals surface area (Å²) in [5, 5.41) is 6.58. The third-order valence-electron chi connectivity index (χ3n) is 4.25. The van der Waals surface area contributed by atoms with Crippen molar-refractivity contribution < 1.29 is 4.79 Å². The van der Waals surface area contributed by atoms with Crippen LogP contribution in [0.5, 0.6) is 0 Å². The van der Waals surface area contributed by atoms with Crippen LogP contribution in [-0.4, -0.2) is 18.5 Å². The van der Waals surface area contributed by atoms with E-state index < -0.39 is 0 Å². The Balaban J connectivity index is 2.01. The largest absolute Gasteiger partial charge is 0.349 e. The van der Waals surface area contributed by atoms with Crippen molar-refractivity contribution in [3.05, 3.63) is 34.9 Å². The molecule has 0 spiro atoms. The van der Waals surface area contributed by atoms with E-state index in [0.29, 0.717) is 6.04 Å². The van der Waals surface area contributed by atoms with E-state index in [1.807, 2.05) is 0 Å². The SMILES string of the molecule is Cc1ccc(C)c(C(C)NC(=O)C2CCNC(C)C2)c1. The lowest BCUT2D eigenvalue weighted by Crippen LogP contribution is -2.43. The molecule has 1 aliphatic heterocycles. The van der Waals surface area contributed by atoms with Crippen LogP contribution in [0.3, 0.4) is 0 Å². The van der Waals surface area contributed by atoms with Gasteiger partial charge in [-0.1, -0.05) is 23.8 Å². The van der Waals surface area contributed by atoms with Crippen LogP contribution < -0.4 is 10.6 Å². The van der Waals surface area contributed by atoms with Crippen molar-refractivity contribution in [3.63, 3.8) is 0 Å². The van der Waals surface area contributed by atoms with Gasteiger partial charge in [-0.2, -0.15) is 0 Å². The Morgan fingerprint density at radius 1 is 1.40 bits per heavy atom. The van der Waals surface area contributed by atoms with Gasteiger partial charge in [0.2, 0.25) is 5.91 Å². The number of amides is 1. The third-order valence-corrected chi connectivity index (χ3v) is 4.25. The van der Waals surface area contributed by atoms with Gasteiger partial charge >= 0.3 is 0 Å². The zero-order valence-electron chi connectivity index (χ0n) is 13.0. The van der Waals surface area contributed by atoms with Crippen LogP contribution >= 0.6 is 0 Å². The molecule has 3 nitrogen and oxygen atoms in total. The number of rotatable bonds is 3. The summed E-state index contributed by atoms with van der Waals surface area (Å²) in [7, 11) is 0. The molecule has 2 N–H and O–H groups in total. The van der Waals surface area contributed by atoms with Gasteiger partial charge in [-0.3, -0.25) is 4.79 Å². The van der Waals surface area contributed by atoms with Crippen molar-refractivity contribution in [2.75, 3.05) is 6.54 Å². The minimum absolute atomic E-state index is 0.0765. The molecule has 0 bridgehead atoms. The molecular formula is C17H26N2O. The molecule has 1 fully saturated rings. The average Bonchev–Trinajstić information content (AvgIpc) is 2.41. The number of carbonyl (C=O) groups is 1. The highest BCUT2D eigenvalue weighted by molar-refractivity contribution is 5.79. The predicted molar refractivity (Wildman–Crippen MR) is 82.7 cm³/mol. The fourth-order valence-corrected chi connectivity index (χ4v) is 3.01. The van der Waals surface area contributed by atoms with Crippen LogP contribution in [0.15, 0.2) is 18.2 Å². The summed E-state index contributed by atoms with van der Waals surface area (Å²) in [4.78, 5) is 12.4. The van der Waals surface area contributed by atoms with Crippen molar-refractivity contribution in [2.45, 2.75) is 52.6 Å². The molecular weight excluding hydrogens is 248 g/mol. The molecule has 0 saturated carbocycles. The lowest BCUT2D eigenvalue weighted by molar-refractivity contribution is -0.126. The molecule has 1 saturated heterocycles. The van der Waals surface area contributed by atoms with Crippen LogP contribution in [0.4, 0.5) is 0 Å². The van der Waals surface area contributed by atoms with E-state index in [9.17, 15) is 4.79 Å². The molecule has 1 heterocycles. The van der Waals surface area contributed by atoms with Crippen molar-refractivity contribution in [2.24, 2.45) is 5.92 Å². The predicted octanol–water partition coefficient (Wildman–Crippen LogP) is 2.87. The van der Waals surface area contributed by atoms with E-state index in [1.54, 1.807) is 0 Å². The van der Waals surface area contributed by atoms with E-state index in [0.717, 1.165) is 19.4 Å². The molecule has 1 aliphatic rings. The Kier molecular flexibility index (Phi) is 4.81. The normalized spacial score (nSPS) is 24.2. The third kappa shape index (κ3) is 3.60. The van der Waals surface area contributed by atoms with E-state index in [4.69, 9.17) is 0 Å². The van der Waals surface area contributed by atoms with Gasteiger partial charge in [0.05, 0.1) is 6.04 Å². The van der Waals surface area contributed by atoms with Crippen LogP contribution in [0.1, 0.15) is 49.4 Å². The number of piperidine rings is 1. The number of hydrogen-bond donors (Lipinski definition) is 2. The topological polar surface area (TPSA) is 41.1 Å². The lowest BCUT2D eigenvalue weighted by atomic mass is 9.91. The van der Waals surface area contributed by atoms with Gasteiger partial charge in [-0.25, -0.2) is 0 Å². The molecule has 2 rings (SSSR count). The summed E-state index contributed by atoms with van der Waals surface area (Å²) in [6.07, 6.45) is 1.88. The summed E-state index contributed by atoms with van der Waals surface area (Å²) < 4.78 is 0. The highest BCUT2D eigenvalue weighted by Gasteiger charge is 2.25. The molecule has 0 aromatic heterocycles. The fraction of sp³-hybridized carbons (Fsp3) is 0.588. The molecule has 3 atom stereocenters. The van der Waals surface area contributed by atoms with Gasteiger partial charge in [0.25, 0.3) is 0 Å². The summed E-state index contributed by atoms with van der Waals surface area (Å²) in [5.74, 6) is 0.352. The van der Waals surface area contributed by atoms with E-state index >= 15 is 0 Å². The summed E-state index contributed by atoms with van der Waals surface area (Å²) >= 11 is 0. The maximum Gasteiger partial charge on any atom is 0.223 e. The number of benzene rings is 1. The Labute approximate surface area is 122 Å². The molecule has 3 unspecified atom stereocenters. The minimum Gasteiger partial charge on any atom is -0.349 e. The second kappa shape index (κ2) is 6.40. The van der Waals surface area contributed by atoms with Crippen molar-refractivity contribution in [3.8, 4) is 0 Å². The second-order valence-electron chi connectivity index (χ2n) is 6.17. The highest BCUT2D eigenvalue weighted by Crippen LogP contribution is 2.21. The minimum atomic E-state index is 0.0765. The first kappa shape index (κ1) is 15.0. The van der Waals surface area contributed by atoms with Gasteiger partial charge in [-0.05, 0) is 58.2 Å². The molecule has 1 aromatic carbocycles. The van der Waals surface area contributed by atoms with Gasteiger partial charge in [0.1, 0.15) is 0 Å². The maximum atomic E-state index is 12.4. The van der Waals surface area contributed by atoms with E-state index in [2.05, 4.69) is 56.5 Å². The second-order valence-corrected chi connectivity index (χ2v) is 6.17. The Morgan fingerprint density at radius 2 is 2.15 bits per heavy atom. The zero-order chi connectivity index (χ0) is 14.7. The number of aryl methyl sites for hydroxylation is 2. The van der Waals surface area contributed by atoms with Crippen molar-refractivity contribution >= 4 is 5.91 Å². The number of nitrogens with one attached hydrogen (secondary N) is 2. The summed E-state index contributed by atoms with van der Waals surface area (Å²) in [5.41, 5.74) is 3.70. The number of hydrogen-bond acceptors (Lipinski definition) is 2. The highest BCUT2D eigenvalue weighted by atomic mass is 16.1. The molecule has 1 aromatic rings. The van der Waals surface area contributed by atoms with Crippen LogP contribution in [0, 0.1) is 19.8 Å².